The summed E-state index contributed by atoms with van der Waals surface area (Å²) in [6.45, 7) is 0.752. The Morgan fingerprint density at radius 1 is 1.38 bits per heavy atom. The molecule has 1 aliphatic rings. The molecule has 4 heterocycles. The van der Waals surface area contributed by atoms with Gasteiger partial charge in [-0.25, -0.2) is 14.5 Å². The van der Waals surface area contributed by atoms with Crippen molar-refractivity contribution in [3.8, 4) is 0 Å². The molecule has 134 valence electrons. The Morgan fingerprint density at radius 2 is 2.23 bits per heavy atom. The van der Waals surface area contributed by atoms with Gasteiger partial charge in [0, 0.05) is 38.7 Å². The van der Waals surface area contributed by atoms with Crippen LogP contribution in [-0.2, 0) is 24.3 Å². The molecule has 3 aromatic rings. The van der Waals surface area contributed by atoms with Crippen molar-refractivity contribution < 1.29 is 14.3 Å². The number of nitrogens with two attached hydrogens (primary N) is 1. The molecule has 0 aliphatic carbocycles. The van der Waals surface area contributed by atoms with Gasteiger partial charge < -0.3 is 20.4 Å². The molecule has 3 aromatic heterocycles. The molecule has 0 saturated heterocycles. The summed E-state index contributed by atoms with van der Waals surface area (Å²) in [5.74, 6) is -0.0402. The van der Waals surface area contributed by atoms with Crippen LogP contribution in [0.2, 0.25) is 0 Å². The standard InChI is InChI=1S/C16H17N7O3/c1-26-8-10-13(14(17)24)15-19-3-2-11(23(15)21-10)16(25)20-9-6-12-18-4-5-22(12)7-9/h2-5,9H,6-8H2,1H3,(H2,17,24)(H,20,25). The third kappa shape index (κ3) is 2.60. The molecule has 26 heavy (non-hydrogen) atoms. The molecule has 0 saturated carbocycles. The number of methoxy groups -OCH3 is 1. The number of rotatable bonds is 5. The van der Waals surface area contributed by atoms with E-state index >= 15 is 0 Å². The zero-order valence-corrected chi connectivity index (χ0v) is 14.0. The quantitative estimate of drug-likeness (QED) is 0.636. The SMILES string of the molecule is COCc1nn2c(C(=O)NC3Cc4nccn4C3)ccnc2c1C(N)=O. The first kappa shape index (κ1) is 16.2. The number of hydrogen-bond acceptors (Lipinski definition) is 6. The van der Waals surface area contributed by atoms with Crippen LogP contribution in [0.4, 0.5) is 0 Å². The van der Waals surface area contributed by atoms with Gasteiger partial charge in [-0.1, -0.05) is 0 Å². The lowest BCUT2D eigenvalue weighted by atomic mass is 10.2. The second-order valence-corrected chi connectivity index (χ2v) is 6.05. The lowest BCUT2D eigenvalue weighted by Gasteiger charge is -2.12. The first-order chi connectivity index (χ1) is 12.6. The topological polar surface area (TPSA) is 129 Å². The van der Waals surface area contributed by atoms with Crippen molar-refractivity contribution in [1.29, 1.82) is 0 Å². The van der Waals surface area contributed by atoms with E-state index in [9.17, 15) is 9.59 Å². The Kier molecular flexibility index (Phi) is 3.88. The number of primary amides is 1. The fourth-order valence-electron chi connectivity index (χ4n) is 3.23. The summed E-state index contributed by atoms with van der Waals surface area (Å²) in [5.41, 5.74) is 6.45. The maximum Gasteiger partial charge on any atom is 0.270 e. The van der Waals surface area contributed by atoms with Crippen LogP contribution < -0.4 is 11.1 Å². The average molecular weight is 355 g/mol. The minimum atomic E-state index is -0.668. The van der Waals surface area contributed by atoms with Crippen LogP contribution in [0.1, 0.15) is 32.4 Å². The summed E-state index contributed by atoms with van der Waals surface area (Å²) >= 11 is 0. The number of hydrogen-bond donors (Lipinski definition) is 2. The zero-order chi connectivity index (χ0) is 18.3. The van der Waals surface area contributed by atoms with Gasteiger partial charge in [0.05, 0.1) is 12.6 Å². The van der Waals surface area contributed by atoms with Gasteiger partial charge >= 0.3 is 0 Å². The number of carbonyl (C=O) groups is 2. The van der Waals surface area contributed by atoms with E-state index in [1.54, 1.807) is 12.3 Å². The molecular formula is C16H17N7O3. The van der Waals surface area contributed by atoms with E-state index in [1.807, 2.05) is 10.8 Å². The van der Waals surface area contributed by atoms with Crippen molar-refractivity contribution in [2.45, 2.75) is 25.6 Å². The van der Waals surface area contributed by atoms with Crippen LogP contribution in [0.15, 0.2) is 24.7 Å². The van der Waals surface area contributed by atoms with Crippen molar-refractivity contribution in [2.24, 2.45) is 5.73 Å². The van der Waals surface area contributed by atoms with Crippen LogP contribution >= 0.6 is 0 Å². The van der Waals surface area contributed by atoms with Gasteiger partial charge in [0.15, 0.2) is 5.65 Å². The van der Waals surface area contributed by atoms with Crippen LogP contribution in [0, 0.1) is 0 Å². The monoisotopic (exact) mass is 355 g/mol. The van der Waals surface area contributed by atoms with E-state index in [0.717, 1.165) is 5.82 Å². The zero-order valence-electron chi connectivity index (χ0n) is 14.0. The highest BCUT2D eigenvalue weighted by Gasteiger charge is 2.26. The summed E-state index contributed by atoms with van der Waals surface area (Å²) < 4.78 is 8.40. The molecule has 2 amide bonds. The van der Waals surface area contributed by atoms with E-state index in [4.69, 9.17) is 10.5 Å². The second-order valence-electron chi connectivity index (χ2n) is 6.05. The molecular weight excluding hydrogens is 338 g/mol. The number of fused-ring (bicyclic) bond motifs is 2. The van der Waals surface area contributed by atoms with Crippen molar-refractivity contribution in [1.82, 2.24) is 29.5 Å². The maximum absolute atomic E-state index is 12.8. The summed E-state index contributed by atoms with van der Waals surface area (Å²) in [6.07, 6.45) is 5.74. The number of carbonyl (C=O) groups excluding carboxylic acids is 2. The Labute approximate surface area is 148 Å². The molecule has 0 fully saturated rings. The molecule has 10 heteroatoms. The minimum absolute atomic E-state index is 0.0565. The Hall–Kier alpha value is -3.27. The first-order valence-corrected chi connectivity index (χ1v) is 8.04. The third-order valence-corrected chi connectivity index (χ3v) is 4.33. The smallest absolute Gasteiger partial charge is 0.270 e. The molecule has 0 bridgehead atoms. The Balaban J connectivity index is 1.66. The molecule has 4 rings (SSSR count). The lowest BCUT2D eigenvalue weighted by molar-refractivity contribution is 0.0927. The van der Waals surface area contributed by atoms with Gasteiger partial charge in [-0.15, -0.1) is 0 Å². The van der Waals surface area contributed by atoms with Crippen LogP contribution in [0.25, 0.3) is 5.65 Å². The largest absolute Gasteiger partial charge is 0.378 e. The van der Waals surface area contributed by atoms with Gasteiger partial charge in [0.25, 0.3) is 11.8 Å². The van der Waals surface area contributed by atoms with Gasteiger partial charge in [0.2, 0.25) is 0 Å². The average Bonchev–Trinajstić information content (AvgIpc) is 3.26. The van der Waals surface area contributed by atoms with E-state index < -0.39 is 5.91 Å². The van der Waals surface area contributed by atoms with E-state index in [2.05, 4.69) is 20.4 Å². The summed E-state index contributed by atoms with van der Waals surface area (Å²) in [6, 6.07) is 1.49. The number of amides is 2. The minimum Gasteiger partial charge on any atom is -0.378 e. The van der Waals surface area contributed by atoms with Crippen LogP contribution in [-0.4, -0.2) is 49.1 Å². The third-order valence-electron chi connectivity index (χ3n) is 4.33. The van der Waals surface area contributed by atoms with E-state index in [-0.39, 0.29) is 35.5 Å². The number of nitrogens with zero attached hydrogens (tertiary/aromatic N) is 5. The molecule has 1 atom stereocenters. The molecule has 0 spiro atoms. The predicted octanol–water partition coefficient (Wildman–Crippen LogP) is -0.474. The van der Waals surface area contributed by atoms with Gasteiger partial charge in [0.1, 0.15) is 22.8 Å². The molecule has 1 aliphatic heterocycles. The molecule has 10 nitrogen and oxygen atoms in total. The summed E-state index contributed by atoms with van der Waals surface area (Å²) in [5, 5.41) is 7.27. The van der Waals surface area contributed by atoms with E-state index in [0.29, 0.717) is 18.7 Å². The highest BCUT2D eigenvalue weighted by atomic mass is 16.5. The van der Waals surface area contributed by atoms with Gasteiger partial charge in [-0.05, 0) is 6.07 Å². The number of ether oxygens (including phenoxy) is 1. The van der Waals surface area contributed by atoms with E-state index in [1.165, 1.54) is 17.8 Å². The van der Waals surface area contributed by atoms with Crippen molar-refractivity contribution in [3.63, 3.8) is 0 Å². The fourth-order valence-corrected chi connectivity index (χ4v) is 3.23. The molecule has 0 aromatic carbocycles. The molecule has 0 radical (unpaired) electrons. The van der Waals surface area contributed by atoms with Crippen molar-refractivity contribution >= 4 is 17.5 Å². The van der Waals surface area contributed by atoms with Crippen molar-refractivity contribution in [2.75, 3.05) is 7.11 Å². The maximum atomic E-state index is 12.8. The lowest BCUT2D eigenvalue weighted by Crippen LogP contribution is -2.37. The van der Waals surface area contributed by atoms with Gasteiger partial charge in [-0.3, -0.25) is 9.59 Å². The predicted molar refractivity (Wildman–Crippen MR) is 89.4 cm³/mol. The summed E-state index contributed by atoms with van der Waals surface area (Å²) in [7, 11) is 1.49. The first-order valence-electron chi connectivity index (χ1n) is 8.04. The number of imidazole rings is 1. The summed E-state index contributed by atoms with van der Waals surface area (Å²) in [4.78, 5) is 33.0. The Bertz CT molecular complexity index is 986. The van der Waals surface area contributed by atoms with Crippen molar-refractivity contribution in [3.05, 3.63) is 47.4 Å². The highest BCUT2D eigenvalue weighted by molar-refractivity contribution is 6.01. The Morgan fingerprint density at radius 3 is 2.96 bits per heavy atom. The van der Waals surface area contributed by atoms with Crippen LogP contribution in [0.5, 0.6) is 0 Å². The fraction of sp³-hybridized carbons (Fsp3) is 0.312. The number of nitrogens with one attached hydrogen (secondary N) is 1. The van der Waals surface area contributed by atoms with Gasteiger partial charge in [-0.2, -0.15) is 5.10 Å². The highest BCUT2D eigenvalue weighted by Crippen LogP contribution is 2.17. The second kappa shape index (κ2) is 6.23. The molecule has 3 N–H and O–H groups in total. The number of aromatic nitrogens is 5. The normalized spacial score (nSPS) is 16.0. The molecule has 1 unspecified atom stereocenters. The van der Waals surface area contributed by atoms with Crippen LogP contribution in [0.3, 0.4) is 0 Å².